The highest BCUT2D eigenvalue weighted by atomic mass is 16.5. The number of methoxy groups -OCH3 is 2. The summed E-state index contributed by atoms with van der Waals surface area (Å²) in [6.07, 6.45) is 0. The first kappa shape index (κ1) is 13.3. The Bertz CT molecular complexity index is 526. The second-order valence-electron chi connectivity index (χ2n) is 4.38. The fourth-order valence-corrected chi connectivity index (χ4v) is 2.04. The first-order valence-corrected chi connectivity index (χ1v) is 6.21. The van der Waals surface area contributed by atoms with Gasteiger partial charge in [0.15, 0.2) is 0 Å². The van der Waals surface area contributed by atoms with Crippen molar-refractivity contribution in [1.29, 1.82) is 0 Å². The largest absolute Gasteiger partial charge is 0.497 e. The molecular weight excluding hydrogens is 238 g/mol. The van der Waals surface area contributed by atoms with Gasteiger partial charge in [0, 0.05) is 19.7 Å². The van der Waals surface area contributed by atoms with Gasteiger partial charge in [0.1, 0.15) is 11.5 Å². The van der Waals surface area contributed by atoms with Crippen LogP contribution in [0.25, 0.3) is 0 Å². The minimum absolute atomic E-state index is 0.824. The molecule has 0 spiro atoms. The first-order valence-electron chi connectivity index (χ1n) is 6.21. The molecule has 0 amide bonds. The predicted molar refractivity (Wildman–Crippen MR) is 78.1 cm³/mol. The lowest BCUT2D eigenvalue weighted by molar-refractivity contribution is 0.403. The molecule has 0 aromatic heterocycles. The van der Waals surface area contributed by atoms with Crippen molar-refractivity contribution >= 4 is 5.69 Å². The van der Waals surface area contributed by atoms with Crippen molar-refractivity contribution in [2.75, 3.05) is 26.2 Å². The second kappa shape index (κ2) is 6.14. The Morgan fingerprint density at radius 3 is 2.32 bits per heavy atom. The van der Waals surface area contributed by atoms with E-state index in [1.54, 1.807) is 14.2 Å². The van der Waals surface area contributed by atoms with Crippen molar-refractivity contribution in [3.05, 3.63) is 54.1 Å². The molecule has 0 atom stereocenters. The van der Waals surface area contributed by atoms with E-state index in [1.165, 1.54) is 5.56 Å². The Morgan fingerprint density at radius 2 is 1.68 bits per heavy atom. The number of hydrogen-bond donors (Lipinski definition) is 0. The van der Waals surface area contributed by atoms with Gasteiger partial charge < -0.3 is 14.4 Å². The maximum Gasteiger partial charge on any atom is 0.142 e. The third kappa shape index (κ3) is 3.19. The van der Waals surface area contributed by atoms with Crippen LogP contribution in [0, 0.1) is 0 Å². The van der Waals surface area contributed by atoms with Crippen LogP contribution >= 0.6 is 0 Å². The molecule has 0 heterocycles. The lowest BCUT2D eigenvalue weighted by Gasteiger charge is -2.22. The number of anilines is 1. The maximum atomic E-state index is 5.41. The van der Waals surface area contributed by atoms with Gasteiger partial charge in [0.05, 0.1) is 19.9 Å². The third-order valence-corrected chi connectivity index (χ3v) is 3.06. The van der Waals surface area contributed by atoms with Gasteiger partial charge in [0.2, 0.25) is 0 Å². The molecule has 2 rings (SSSR count). The number of rotatable bonds is 5. The van der Waals surface area contributed by atoms with E-state index in [9.17, 15) is 0 Å². The Hall–Kier alpha value is -2.16. The fourth-order valence-electron chi connectivity index (χ4n) is 2.04. The van der Waals surface area contributed by atoms with Gasteiger partial charge >= 0.3 is 0 Å². The van der Waals surface area contributed by atoms with E-state index >= 15 is 0 Å². The summed E-state index contributed by atoms with van der Waals surface area (Å²) in [5, 5.41) is 0. The lowest BCUT2D eigenvalue weighted by Crippen LogP contribution is -2.17. The molecule has 0 fully saturated rings. The quantitative estimate of drug-likeness (QED) is 0.820. The Balaban J connectivity index is 2.24. The van der Waals surface area contributed by atoms with Gasteiger partial charge in [-0.05, 0) is 17.7 Å². The van der Waals surface area contributed by atoms with Crippen LogP contribution in [0.4, 0.5) is 5.69 Å². The molecule has 0 aliphatic carbocycles. The summed E-state index contributed by atoms with van der Waals surface area (Å²) in [4.78, 5) is 2.15. The summed E-state index contributed by atoms with van der Waals surface area (Å²) in [6.45, 7) is 0.824. The average Bonchev–Trinajstić information content (AvgIpc) is 2.47. The Labute approximate surface area is 114 Å². The fraction of sp³-hybridized carbons (Fsp3) is 0.250. The molecule has 0 saturated carbocycles. The number of nitrogens with zero attached hydrogens (tertiary/aromatic N) is 1. The highest BCUT2D eigenvalue weighted by Crippen LogP contribution is 2.32. The molecule has 0 unspecified atom stereocenters. The molecule has 2 aromatic rings. The van der Waals surface area contributed by atoms with Crippen molar-refractivity contribution in [1.82, 2.24) is 0 Å². The van der Waals surface area contributed by atoms with Crippen LogP contribution in [0.3, 0.4) is 0 Å². The zero-order valence-electron chi connectivity index (χ0n) is 11.6. The van der Waals surface area contributed by atoms with E-state index in [2.05, 4.69) is 17.0 Å². The average molecular weight is 257 g/mol. The van der Waals surface area contributed by atoms with Gasteiger partial charge in [-0.3, -0.25) is 0 Å². The molecule has 3 heteroatoms. The van der Waals surface area contributed by atoms with Gasteiger partial charge in [-0.25, -0.2) is 0 Å². The highest BCUT2D eigenvalue weighted by Gasteiger charge is 2.10. The zero-order chi connectivity index (χ0) is 13.7. The topological polar surface area (TPSA) is 21.7 Å². The predicted octanol–water partition coefficient (Wildman–Crippen LogP) is 3.34. The molecule has 0 aliphatic rings. The summed E-state index contributed by atoms with van der Waals surface area (Å²) in [5.41, 5.74) is 2.28. The minimum atomic E-state index is 0.824. The van der Waals surface area contributed by atoms with Crippen molar-refractivity contribution in [2.24, 2.45) is 0 Å². The minimum Gasteiger partial charge on any atom is -0.497 e. The summed E-state index contributed by atoms with van der Waals surface area (Å²) < 4.78 is 10.7. The van der Waals surface area contributed by atoms with Crippen molar-refractivity contribution < 1.29 is 9.47 Å². The molecule has 0 saturated heterocycles. The van der Waals surface area contributed by atoms with Crippen LogP contribution in [0.15, 0.2) is 48.5 Å². The Morgan fingerprint density at radius 1 is 0.947 bits per heavy atom. The molecule has 100 valence electrons. The molecule has 3 nitrogen and oxygen atoms in total. The summed E-state index contributed by atoms with van der Waals surface area (Å²) in [6, 6.07) is 16.2. The molecular formula is C16H19NO2. The van der Waals surface area contributed by atoms with Crippen LogP contribution in [-0.2, 0) is 6.54 Å². The van der Waals surface area contributed by atoms with Gasteiger partial charge in [-0.1, -0.05) is 30.3 Å². The first-order chi connectivity index (χ1) is 9.24. The molecule has 0 radical (unpaired) electrons. The number of benzene rings is 2. The maximum absolute atomic E-state index is 5.41. The van der Waals surface area contributed by atoms with E-state index in [-0.39, 0.29) is 0 Å². The molecule has 2 aromatic carbocycles. The van der Waals surface area contributed by atoms with Crippen LogP contribution in [0.5, 0.6) is 11.5 Å². The summed E-state index contributed by atoms with van der Waals surface area (Å²) in [5.74, 6) is 1.68. The molecule has 0 bridgehead atoms. The van der Waals surface area contributed by atoms with Crippen molar-refractivity contribution in [3.63, 3.8) is 0 Å². The summed E-state index contributed by atoms with van der Waals surface area (Å²) in [7, 11) is 5.40. The Kier molecular flexibility index (Phi) is 4.29. The molecule has 0 aliphatic heterocycles. The van der Waals surface area contributed by atoms with Crippen LogP contribution in [0.2, 0.25) is 0 Å². The molecule has 19 heavy (non-hydrogen) atoms. The van der Waals surface area contributed by atoms with Crippen molar-refractivity contribution in [2.45, 2.75) is 6.54 Å². The second-order valence-corrected chi connectivity index (χ2v) is 4.38. The number of ether oxygens (including phenoxy) is 2. The smallest absolute Gasteiger partial charge is 0.142 e. The van der Waals surface area contributed by atoms with Gasteiger partial charge in [-0.15, -0.1) is 0 Å². The normalized spacial score (nSPS) is 10.1. The standard InChI is InChI=1S/C16H19NO2/c1-17(12-13-7-5-4-6-8-13)15-11-14(18-2)9-10-16(15)19-3/h4-11H,12H2,1-3H3. The van der Waals surface area contributed by atoms with Gasteiger partial charge in [-0.2, -0.15) is 0 Å². The zero-order valence-corrected chi connectivity index (χ0v) is 11.6. The summed E-state index contributed by atoms with van der Waals surface area (Å²) >= 11 is 0. The van der Waals surface area contributed by atoms with Crippen LogP contribution < -0.4 is 14.4 Å². The van der Waals surface area contributed by atoms with Crippen LogP contribution in [0.1, 0.15) is 5.56 Å². The van der Waals surface area contributed by atoms with Crippen molar-refractivity contribution in [3.8, 4) is 11.5 Å². The monoisotopic (exact) mass is 257 g/mol. The van der Waals surface area contributed by atoms with E-state index in [4.69, 9.17) is 9.47 Å². The molecule has 0 N–H and O–H groups in total. The SMILES string of the molecule is COc1ccc(OC)c(N(C)Cc2ccccc2)c1. The lowest BCUT2D eigenvalue weighted by atomic mass is 10.2. The van der Waals surface area contributed by atoms with E-state index in [1.807, 2.05) is 43.4 Å². The van der Waals surface area contributed by atoms with E-state index < -0.39 is 0 Å². The van der Waals surface area contributed by atoms with E-state index in [0.717, 1.165) is 23.7 Å². The van der Waals surface area contributed by atoms with Crippen LogP contribution in [-0.4, -0.2) is 21.3 Å². The highest BCUT2D eigenvalue weighted by molar-refractivity contribution is 5.61. The van der Waals surface area contributed by atoms with E-state index in [0.29, 0.717) is 0 Å². The van der Waals surface area contributed by atoms with Gasteiger partial charge in [0.25, 0.3) is 0 Å². The number of hydrogen-bond acceptors (Lipinski definition) is 3. The third-order valence-electron chi connectivity index (χ3n) is 3.06.